The van der Waals surface area contributed by atoms with Gasteiger partial charge in [0.2, 0.25) is 0 Å². The predicted octanol–water partition coefficient (Wildman–Crippen LogP) is 13.7. The second kappa shape index (κ2) is 11.9. The zero-order valence-corrected chi connectivity index (χ0v) is 33.0. The van der Waals surface area contributed by atoms with Crippen molar-refractivity contribution in [2.45, 2.75) is 97.0 Å². The van der Waals surface area contributed by atoms with Crippen molar-refractivity contribution in [2.75, 3.05) is 4.90 Å². The largest absolute Gasteiger partial charge is 0.485 e. The van der Waals surface area contributed by atoms with Crippen molar-refractivity contribution in [3.05, 3.63) is 148 Å². The molecule has 268 valence electrons. The molecule has 6 aromatic rings. The van der Waals surface area contributed by atoms with E-state index >= 15 is 0 Å². The summed E-state index contributed by atoms with van der Waals surface area (Å²) in [5, 5.41) is 2.06. The normalized spacial score (nSPS) is 17.3. The summed E-state index contributed by atoms with van der Waals surface area (Å²) < 4.78 is 9.18. The standard InChI is InChI=1S/C49H49ClN2O/c1-47(2,3)30-23-24-40-38(27-30)45-46(36-17-9-11-19-39(36)49(45,7)8)52(40)35-26-31(48(4,5)6)25-34(29-35)51(33-16-13-15-32(50)28-33)41-20-14-22-43-44(41)37-18-10-12-21-42(37)53-43/h9-13,15-19,21,23-29,43H,14,20,22H2,1-8H3. The van der Waals surface area contributed by atoms with Crippen LogP contribution in [0.25, 0.3) is 33.4 Å². The molecule has 0 N–H and O–H groups in total. The molecule has 53 heavy (non-hydrogen) atoms. The fraction of sp³-hybridized carbons (Fsp3) is 0.306. The number of rotatable bonds is 4. The van der Waals surface area contributed by atoms with Gasteiger partial charge in [-0.05, 0) is 107 Å². The Morgan fingerprint density at radius 3 is 2.23 bits per heavy atom. The van der Waals surface area contributed by atoms with Crippen molar-refractivity contribution in [2.24, 2.45) is 0 Å². The van der Waals surface area contributed by atoms with Crippen molar-refractivity contribution >= 4 is 39.5 Å². The van der Waals surface area contributed by atoms with Gasteiger partial charge in [-0.3, -0.25) is 0 Å². The van der Waals surface area contributed by atoms with Crippen LogP contribution in [0.4, 0.5) is 11.4 Å². The number of halogens is 1. The van der Waals surface area contributed by atoms with E-state index in [-0.39, 0.29) is 22.3 Å². The lowest BCUT2D eigenvalue weighted by Crippen LogP contribution is -2.26. The molecule has 2 heterocycles. The van der Waals surface area contributed by atoms with Crippen LogP contribution < -0.4 is 9.64 Å². The minimum absolute atomic E-state index is 0.0326. The quantitative estimate of drug-likeness (QED) is 0.181. The van der Waals surface area contributed by atoms with Gasteiger partial charge in [0.15, 0.2) is 0 Å². The summed E-state index contributed by atoms with van der Waals surface area (Å²) in [5.74, 6) is 0.979. The Kier molecular flexibility index (Phi) is 7.64. The summed E-state index contributed by atoms with van der Waals surface area (Å²) >= 11 is 6.80. The Morgan fingerprint density at radius 2 is 1.47 bits per heavy atom. The van der Waals surface area contributed by atoms with Gasteiger partial charge in [-0.15, -0.1) is 0 Å². The molecule has 0 bridgehead atoms. The minimum Gasteiger partial charge on any atom is -0.485 e. The van der Waals surface area contributed by atoms with E-state index in [1.54, 1.807) is 0 Å². The molecule has 0 spiro atoms. The van der Waals surface area contributed by atoms with Gasteiger partial charge in [0.25, 0.3) is 0 Å². The van der Waals surface area contributed by atoms with Crippen LogP contribution in [0.2, 0.25) is 5.02 Å². The summed E-state index contributed by atoms with van der Waals surface area (Å²) in [4.78, 5) is 2.49. The molecule has 1 unspecified atom stereocenters. The number of aromatic nitrogens is 1. The molecule has 3 aliphatic rings. The van der Waals surface area contributed by atoms with Crippen LogP contribution in [-0.2, 0) is 16.2 Å². The van der Waals surface area contributed by atoms with Crippen LogP contribution in [0.15, 0.2) is 115 Å². The van der Waals surface area contributed by atoms with E-state index in [1.807, 2.05) is 6.07 Å². The van der Waals surface area contributed by atoms with Gasteiger partial charge in [-0.1, -0.05) is 122 Å². The second-order valence-corrected chi connectivity index (χ2v) is 18.3. The van der Waals surface area contributed by atoms with E-state index in [9.17, 15) is 0 Å². The van der Waals surface area contributed by atoms with Crippen LogP contribution in [-0.4, -0.2) is 10.7 Å². The molecule has 0 saturated carbocycles. The zero-order valence-electron chi connectivity index (χ0n) is 32.3. The topological polar surface area (TPSA) is 17.4 Å². The average molecular weight is 717 g/mol. The first kappa shape index (κ1) is 34.1. The van der Waals surface area contributed by atoms with Crippen LogP contribution >= 0.6 is 11.6 Å². The highest BCUT2D eigenvalue weighted by Crippen LogP contribution is 2.55. The van der Waals surface area contributed by atoms with Gasteiger partial charge in [-0.25, -0.2) is 0 Å². The van der Waals surface area contributed by atoms with E-state index < -0.39 is 0 Å². The minimum atomic E-state index is -0.150. The monoisotopic (exact) mass is 716 g/mol. The first-order valence-corrected chi connectivity index (χ1v) is 19.6. The van der Waals surface area contributed by atoms with E-state index in [0.717, 1.165) is 41.4 Å². The Hall–Kier alpha value is -4.73. The fourth-order valence-electron chi connectivity index (χ4n) is 9.19. The highest BCUT2D eigenvalue weighted by atomic mass is 35.5. The predicted molar refractivity (Wildman–Crippen MR) is 223 cm³/mol. The van der Waals surface area contributed by atoms with Crippen LogP contribution in [0.1, 0.15) is 102 Å². The number of para-hydroxylation sites is 1. The van der Waals surface area contributed by atoms with Gasteiger partial charge in [0, 0.05) is 55.3 Å². The molecule has 1 aromatic heterocycles. The third kappa shape index (κ3) is 5.37. The third-order valence-electron chi connectivity index (χ3n) is 11.9. The van der Waals surface area contributed by atoms with E-state index in [2.05, 4.69) is 168 Å². The summed E-state index contributed by atoms with van der Waals surface area (Å²) in [6.45, 7) is 18.7. The molecule has 0 saturated heterocycles. The molecule has 5 aromatic carbocycles. The molecule has 0 amide bonds. The van der Waals surface area contributed by atoms with Crippen molar-refractivity contribution < 1.29 is 4.74 Å². The summed E-state index contributed by atoms with van der Waals surface area (Å²) in [5.41, 5.74) is 16.2. The SMILES string of the molecule is CC(C)(C)c1cc(N(C2=C3c4ccccc4OC3CCC2)c2cccc(Cl)c2)cc(-n2c3c(c4cc(C(C)(C)C)ccc42)C(C)(C)c2ccccc2-3)c1. The number of nitrogens with zero attached hydrogens (tertiary/aromatic N) is 2. The average Bonchev–Trinajstić information content (AvgIpc) is 3.74. The van der Waals surface area contributed by atoms with Crippen molar-refractivity contribution in [1.29, 1.82) is 0 Å². The van der Waals surface area contributed by atoms with Gasteiger partial charge in [0.05, 0.1) is 11.2 Å². The highest BCUT2D eigenvalue weighted by molar-refractivity contribution is 6.30. The lowest BCUT2D eigenvalue weighted by molar-refractivity contribution is 0.255. The number of benzene rings is 5. The second-order valence-electron chi connectivity index (χ2n) is 17.9. The van der Waals surface area contributed by atoms with Crippen LogP contribution in [0.3, 0.4) is 0 Å². The van der Waals surface area contributed by atoms with E-state index in [4.69, 9.17) is 16.3 Å². The molecule has 3 nitrogen and oxygen atoms in total. The number of allylic oxidation sites excluding steroid dienone is 1. The number of ether oxygens (including phenoxy) is 1. The third-order valence-corrected chi connectivity index (χ3v) is 12.1. The Morgan fingerprint density at radius 1 is 0.736 bits per heavy atom. The van der Waals surface area contributed by atoms with Crippen LogP contribution in [0, 0.1) is 0 Å². The molecule has 0 radical (unpaired) electrons. The maximum Gasteiger partial charge on any atom is 0.127 e. The smallest absolute Gasteiger partial charge is 0.127 e. The number of anilines is 2. The summed E-state index contributed by atoms with van der Waals surface area (Å²) in [7, 11) is 0. The van der Waals surface area contributed by atoms with Gasteiger partial charge < -0.3 is 14.2 Å². The molecular formula is C49H49ClN2O. The van der Waals surface area contributed by atoms with E-state index in [0.29, 0.717) is 0 Å². The molecule has 1 atom stereocenters. The number of hydrogen-bond acceptors (Lipinski definition) is 2. The van der Waals surface area contributed by atoms with Crippen molar-refractivity contribution in [3.8, 4) is 22.7 Å². The highest BCUT2D eigenvalue weighted by Gasteiger charge is 2.41. The fourth-order valence-corrected chi connectivity index (χ4v) is 9.37. The molecule has 2 aliphatic carbocycles. The Labute approximate surface area is 319 Å². The Balaban J connectivity index is 1.37. The van der Waals surface area contributed by atoms with Gasteiger partial charge in [0.1, 0.15) is 11.9 Å². The van der Waals surface area contributed by atoms with E-state index in [1.165, 1.54) is 66.9 Å². The maximum absolute atomic E-state index is 6.80. The number of fused-ring (bicyclic) bond motifs is 8. The molecule has 9 rings (SSSR count). The molecule has 4 heteroatoms. The zero-order chi connectivity index (χ0) is 37.0. The maximum atomic E-state index is 6.80. The summed E-state index contributed by atoms with van der Waals surface area (Å²) in [6, 6.07) is 40.4. The number of hydrogen-bond donors (Lipinski definition) is 0. The molecule has 0 fully saturated rings. The van der Waals surface area contributed by atoms with Crippen LogP contribution in [0.5, 0.6) is 5.75 Å². The molecular weight excluding hydrogens is 668 g/mol. The van der Waals surface area contributed by atoms with Gasteiger partial charge in [-0.2, -0.15) is 0 Å². The first-order chi connectivity index (χ1) is 25.2. The lowest BCUT2D eigenvalue weighted by atomic mass is 9.80. The first-order valence-electron chi connectivity index (χ1n) is 19.2. The summed E-state index contributed by atoms with van der Waals surface area (Å²) in [6.07, 6.45) is 3.05. The van der Waals surface area contributed by atoms with Crippen molar-refractivity contribution in [3.63, 3.8) is 0 Å². The van der Waals surface area contributed by atoms with Gasteiger partial charge >= 0.3 is 0 Å². The lowest BCUT2D eigenvalue weighted by Gasteiger charge is -2.35. The Bertz CT molecular complexity index is 2480. The van der Waals surface area contributed by atoms with Crippen molar-refractivity contribution in [1.82, 2.24) is 4.57 Å². The molecule has 1 aliphatic heterocycles.